The lowest BCUT2D eigenvalue weighted by molar-refractivity contribution is -0.111. The average molecular weight is 95.1 g/mol. The summed E-state index contributed by atoms with van der Waals surface area (Å²) in [5.74, 6) is -0.208. The summed E-state index contributed by atoms with van der Waals surface area (Å²) in [4.78, 5) is 10.2. The molecule has 0 heterocycles. The molecule has 0 aromatic rings. The van der Waals surface area contributed by atoms with Crippen molar-refractivity contribution in [3.63, 3.8) is 0 Å². The van der Waals surface area contributed by atoms with Crippen LogP contribution in [0.1, 0.15) is 6.92 Å². The van der Waals surface area contributed by atoms with Gasteiger partial charge < -0.3 is 0 Å². The van der Waals surface area contributed by atoms with Gasteiger partial charge in [-0.3, -0.25) is 4.79 Å². The maximum absolute atomic E-state index is 10.2. The van der Waals surface area contributed by atoms with E-state index in [4.69, 9.17) is 0 Å². The van der Waals surface area contributed by atoms with E-state index < -0.39 is 0 Å². The van der Waals surface area contributed by atoms with Gasteiger partial charge in [-0.2, -0.15) is 0 Å². The molecule has 0 N–H and O–H groups in total. The van der Waals surface area contributed by atoms with Gasteiger partial charge in [0.15, 0.2) is 5.78 Å². The molecule has 0 aliphatic carbocycles. The van der Waals surface area contributed by atoms with Gasteiger partial charge in [0.05, 0.1) is 0 Å². The third kappa shape index (κ3) is 1.93. The molecule has 0 bridgehead atoms. The second kappa shape index (κ2) is 2.35. The van der Waals surface area contributed by atoms with Crippen LogP contribution in [-0.4, -0.2) is 5.78 Å². The Morgan fingerprint density at radius 2 is 2.14 bits per heavy atom. The van der Waals surface area contributed by atoms with E-state index in [1.807, 2.05) is 0 Å². The number of Topliss-reactive ketones (excluding diaryl/α,β-unsaturated/α-hetero) is 1. The van der Waals surface area contributed by atoms with Crippen LogP contribution in [0.25, 0.3) is 0 Å². The largest absolute Gasteiger partial charge is 0.289 e. The highest BCUT2D eigenvalue weighted by Gasteiger charge is 1.91. The van der Waals surface area contributed by atoms with Crippen LogP contribution in [0.4, 0.5) is 0 Å². The predicted molar refractivity (Wildman–Crippen MR) is 28.7 cm³/mol. The maximum Gasteiger partial charge on any atom is 0.188 e. The van der Waals surface area contributed by atoms with E-state index >= 15 is 0 Å². The summed E-state index contributed by atoms with van der Waals surface area (Å²) in [7, 11) is 0. The average Bonchev–Trinajstić information content (AvgIpc) is 1.65. The van der Waals surface area contributed by atoms with Gasteiger partial charge >= 0.3 is 0 Å². The zero-order valence-corrected chi connectivity index (χ0v) is 4.32. The lowest BCUT2D eigenvalue weighted by Gasteiger charge is -1.82. The normalized spacial score (nSPS) is 7.57. The van der Waals surface area contributed by atoms with Gasteiger partial charge in [0.25, 0.3) is 0 Å². The van der Waals surface area contributed by atoms with Crippen molar-refractivity contribution in [3.8, 4) is 0 Å². The molecule has 0 atom stereocenters. The first-order valence-electron chi connectivity index (χ1n) is 1.91. The fraction of sp³-hybridized carbons (Fsp3) is 0.167. The van der Waals surface area contributed by atoms with Gasteiger partial charge in [0, 0.05) is 6.08 Å². The van der Waals surface area contributed by atoms with E-state index in [-0.39, 0.29) is 5.78 Å². The van der Waals surface area contributed by atoms with Crippen LogP contribution in [0.2, 0.25) is 0 Å². The van der Waals surface area contributed by atoms with Gasteiger partial charge in [-0.05, 0) is 12.5 Å². The number of hydrogen-bond acceptors (Lipinski definition) is 1. The Labute approximate surface area is 43.3 Å². The van der Waals surface area contributed by atoms with Gasteiger partial charge in [0.1, 0.15) is 0 Å². The number of allylic oxidation sites excluding steroid dienone is 2. The van der Waals surface area contributed by atoms with E-state index in [1.54, 1.807) is 6.92 Å². The Kier molecular flexibility index (Phi) is 2.06. The smallest absolute Gasteiger partial charge is 0.188 e. The molecule has 0 amide bonds. The van der Waals surface area contributed by atoms with E-state index in [1.165, 1.54) is 0 Å². The molecule has 1 heteroatoms. The molecule has 7 heavy (non-hydrogen) atoms. The second-order valence-electron chi connectivity index (χ2n) is 1.29. The van der Waals surface area contributed by atoms with Crippen molar-refractivity contribution in [2.45, 2.75) is 6.92 Å². The molecule has 37 valence electrons. The lowest BCUT2D eigenvalue weighted by Crippen LogP contribution is -1.90. The zero-order chi connectivity index (χ0) is 5.86. The van der Waals surface area contributed by atoms with Crippen molar-refractivity contribution in [1.29, 1.82) is 0 Å². The predicted octanol–water partition coefficient (Wildman–Crippen LogP) is 1.12. The maximum atomic E-state index is 10.2. The van der Waals surface area contributed by atoms with E-state index in [0.717, 1.165) is 0 Å². The minimum absolute atomic E-state index is 0.208. The molecule has 0 saturated heterocycles. The Hall–Kier alpha value is -0.850. The molecule has 0 aromatic carbocycles. The molecule has 1 radical (unpaired) electrons. The van der Waals surface area contributed by atoms with Crippen molar-refractivity contribution in [3.05, 3.63) is 24.8 Å². The van der Waals surface area contributed by atoms with Crippen LogP contribution in [0.15, 0.2) is 18.7 Å². The summed E-state index contributed by atoms with van der Waals surface area (Å²) in [6.07, 6.45) is 2.18. The summed E-state index contributed by atoms with van der Waals surface area (Å²) in [5, 5.41) is 0. The molecule has 0 unspecified atom stereocenters. The van der Waals surface area contributed by atoms with Gasteiger partial charge in [-0.1, -0.05) is 13.2 Å². The Morgan fingerprint density at radius 1 is 1.71 bits per heavy atom. The molecular weight excluding hydrogens is 88.1 g/mol. The Balaban J connectivity index is 3.81. The summed E-state index contributed by atoms with van der Waals surface area (Å²) in [6.45, 7) is 8.15. The van der Waals surface area contributed by atoms with E-state index in [2.05, 4.69) is 19.2 Å². The van der Waals surface area contributed by atoms with Crippen LogP contribution >= 0.6 is 0 Å². The SMILES string of the molecule is C=[C]C(=O)C(=C)C. The Morgan fingerprint density at radius 3 is 2.14 bits per heavy atom. The third-order valence-corrected chi connectivity index (χ3v) is 0.548. The van der Waals surface area contributed by atoms with Gasteiger partial charge in [0.2, 0.25) is 0 Å². The molecular formula is C6H7O. The first kappa shape index (κ1) is 6.15. The minimum atomic E-state index is -0.208. The number of hydrogen-bond donors (Lipinski definition) is 0. The molecule has 0 fully saturated rings. The van der Waals surface area contributed by atoms with E-state index in [9.17, 15) is 4.79 Å². The van der Waals surface area contributed by atoms with Gasteiger partial charge in [-0.25, -0.2) is 0 Å². The van der Waals surface area contributed by atoms with Crippen LogP contribution < -0.4 is 0 Å². The standard InChI is InChI=1S/C6H7O/c1-4-6(7)5(2)3/h1-2H2,3H3. The highest BCUT2D eigenvalue weighted by atomic mass is 16.1. The van der Waals surface area contributed by atoms with Crippen LogP contribution in [0, 0.1) is 6.08 Å². The molecule has 0 spiro atoms. The number of rotatable bonds is 2. The van der Waals surface area contributed by atoms with Crippen molar-refractivity contribution in [1.82, 2.24) is 0 Å². The monoisotopic (exact) mass is 95.0 g/mol. The van der Waals surface area contributed by atoms with Crippen LogP contribution in [0.3, 0.4) is 0 Å². The number of carbonyl (C=O) groups excluding carboxylic acids is 1. The topological polar surface area (TPSA) is 17.1 Å². The highest BCUT2D eigenvalue weighted by molar-refractivity contribution is 5.99. The van der Waals surface area contributed by atoms with Crippen LogP contribution in [0.5, 0.6) is 0 Å². The molecule has 0 saturated carbocycles. The highest BCUT2D eigenvalue weighted by Crippen LogP contribution is 1.86. The minimum Gasteiger partial charge on any atom is -0.289 e. The molecule has 0 aromatic heterocycles. The lowest BCUT2D eigenvalue weighted by atomic mass is 10.2. The first-order chi connectivity index (χ1) is 3.18. The van der Waals surface area contributed by atoms with Crippen molar-refractivity contribution in [2.75, 3.05) is 0 Å². The molecule has 1 nitrogen and oxygen atoms in total. The summed E-state index contributed by atoms with van der Waals surface area (Å²) in [6, 6.07) is 0. The van der Waals surface area contributed by atoms with Crippen molar-refractivity contribution >= 4 is 5.78 Å². The van der Waals surface area contributed by atoms with E-state index in [0.29, 0.717) is 5.57 Å². The van der Waals surface area contributed by atoms with Crippen molar-refractivity contribution < 1.29 is 4.79 Å². The number of ketones is 1. The summed E-state index contributed by atoms with van der Waals surface area (Å²) in [5.41, 5.74) is 0.481. The second-order valence-corrected chi connectivity index (χ2v) is 1.29. The number of carbonyl (C=O) groups is 1. The molecule has 0 aliphatic rings. The summed E-state index contributed by atoms with van der Waals surface area (Å²) >= 11 is 0. The zero-order valence-electron chi connectivity index (χ0n) is 4.32. The first-order valence-corrected chi connectivity index (χ1v) is 1.91. The Bertz CT molecular complexity index is 111. The quantitative estimate of drug-likeness (QED) is 0.470. The van der Waals surface area contributed by atoms with Gasteiger partial charge in [-0.15, -0.1) is 0 Å². The van der Waals surface area contributed by atoms with Crippen LogP contribution in [-0.2, 0) is 4.79 Å². The molecule has 0 rings (SSSR count). The third-order valence-electron chi connectivity index (χ3n) is 0.548. The fourth-order valence-electron chi connectivity index (χ4n) is 0.151. The fourth-order valence-corrected chi connectivity index (χ4v) is 0.151. The van der Waals surface area contributed by atoms with Crippen molar-refractivity contribution in [2.24, 2.45) is 0 Å². The molecule has 0 aliphatic heterocycles. The summed E-state index contributed by atoms with van der Waals surface area (Å²) < 4.78 is 0.